The Bertz CT molecular complexity index is 4130. The zero-order valence-corrected chi connectivity index (χ0v) is 65.4. The lowest BCUT2D eigenvalue weighted by molar-refractivity contribution is -0.142. The monoisotopic (exact) mass is 1640 g/mol. The number of benzene rings is 4. The fraction of sp³-hybridized carbons (Fsp3) is 0.461. The van der Waals surface area contributed by atoms with Gasteiger partial charge in [0.25, 0.3) is 0 Å². The Morgan fingerprint density at radius 2 is 0.852 bits per heavy atom. The van der Waals surface area contributed by atoms with Gasteiger partial charge in [-0.25, -0.2) is 4.79 Å². The van der Waals surface area contributed by atoms with Crippen LogP contribution in [0.5, 0.6) is 0 Å². The summed E-state index contributed by atoms with van der Waals surface area (Å²) >= 11 is 0. The normalized spacial score (nSPS) is 23.7. The van der Waals surface area contributed by atoms with Crippen LogP contribution in [-0.4, -0.2) is 243 Å². The number of aromatic amines is 1. The second-order valence-electron chi connectivity index (χ2n) is 27.6. The molecule has 14 amide bonds. The summed E-state index contributed by atoms with van der Waals surface area (Å²) < 4.78 is 0. The van der Waals surface area contributed by atoms with Gasteiger partial charge in [-0.15, -0.1) is 0 Å². The molecule has 2 heterocycles. The molecule has 39 heteroatoms. The van der Waals surface area contributed by atoms with Crippen molar-refractivity contribution in [2.45, 2.75) is 182 Å². The summed E-state index contributed by atoms with van der Waals surface area (Å²) in [6.07, 6.45) is -3.48. The third-order valence-electron chi connectivity index (χ3n) is 18.3. The van der Waals surface area contributed by atoms with Crippen LogP contribution in [0.4, 0.5) is 0 Å². The summed E-state index contributed by atoms with van der Waals surface area (Å²) in [4.78, 5) is 217. The van der Waals surface area contributed by atoms with E-state index in [9.17, 15) is 78.0 Å². The van der Waals surface area contributed by atoms with Crippen LogP contribution in [0, 0.1) is 0 Å². The van der Waals surface area contributed by atoms with Crippen LogP contribution in [0.15, 0.2) is 121 Å². The largest absolute Gasteiger partial charge is 0.480 e. The number of aliphatic carboxylic acids is 1. The second kappa shape index (κ2) is 47.6. The molecule has 26 N–H and O–H groups in total. The van der Waals surface area contributed by atoms with E-state index in [0.717, 1.165) is 35.4 Å². The number of aromatic nitrogens is 1. The Hall–Kier alpha value is -11.1. The van der Waals surface area contributed by atoms with E-state index in [1.165, 1.54) is 6.92 Å². The minimum atomic E-state index is -1.99. The number of carbonyl (C=O) groups excluding carboxylic acids is 14. The molecule has 6 rings (SSSR count). The highest BCUT2D eigenvalue weighted by molar-refractivity contribution is 8.76. The molecular formula is C76H104N18O19S2. The Balaban J connectivity index is 1.47. The number of carbonyl (C=O) groups is 15. The first-order valence-corrected chi connectivity index (χ1v) is 39.8. The number of carboxylic acids is 1. The lowest BCUT2D eigenvalue weighted by Gasteiger charge is -2.29. The third kappa shape index (κ3) is 30.7. The molecule has 15 atom stereocenters. The predicted octanol–water partition coefficient (Wildman–Crippen LogP) is -4.91. The minimum absolute atomic E-state index is 0.104. The second-order valence-corrected chi connectivity index (χ2v) is 30.1. The zero-order chi connectivity index (χ0) is 84.3. The maximum atomic E-state index is 15.4. The number of fused-ring (bicyclic) bond motifs is 1. The van der Waals surface area contributed by atoms with Crippen LogP contribution < -0.4 is 92.1 Å². The number of primary amides is 1. The van der Waals surface area contributed by atoms with Crippen molar-refractivity contribution < 1.29 is 92.3 Å². The average molecular weight is 1640 g/mol. The fourth-order valence-electron chi connectivity index (χ4n) is 11.9. The number of H-pyrrole nitrogens is 1. The van der Waals surface area contributed by atoms with Gasteiger partial charge in [0.1, 0.15) is 72.5 Å². The molecule has 0 bridgehead atoms. The van der Waals surface area contributed by atoms with Gasteiger partial charge in [0.05, 0.1) is 37.8 Å². The van der Waals surface area contributed by atoms with E-state index in [2.05, 4.69) is 74.1 Å². The number of nitrogens with two attached hydrogens (primary N) is 4. The van der Waals surface area contributed by atoms with Gasteiger partial charge in [-0.3, -0.25) is 67.1 Å². The highest BCUT2D eigenvalue weighted by Gasteiger charge is 2.40. The van der Waals surface area contributed by atoms with Gasteiger partial charge in [0, 0.05) is 54.3 Å². The molecule has 0 saturated carbocycles. The van der Waals surface area contributed by atoms with Crippen LogP contribution in [0.25, 0.3) is 10.9 Å². The lowest BCUT2D eigenvalue weighted by atomic mass is 10.00. The van der Waals surface area contributed by atoms with E-state index < -0.39 is 210 Å². The Labute approximate surface area is 670 Å². The van der Waals surface area contributed by atoms with Gasteiger partial charge in [-0.1, -0.05) is 131 Å². The number of hydrogen-bond donors (Lipinski definition) is 22. The van der Waals surface area contributed by atoms with Crippen LogP contribution in [0.3, 0.4) is 0 Å². The quantitative estimate of drug-likeness (QED) is 0.0182. The molecule has 5 aromatic rings. The summed E-state index contributed by atoms with van der Waals surface area (Å²) in [5.74, 6) is -17.7. The van der Waals surface area contributed by atoms with Crippen molar-refractivity contribution in [2.75, 3.05) is 37.7 Å². The number of rotatable bonds is 26. The molecular weight excluding hydrogens is 1530 g/mol. The van der Waals surface area contributed by atoms with Gasteiger partial charge in [0.15, 0.2) is 0 Å². The van der Waals surface area contributed by atoms with E-state index in [1.807, 2.05) is 0 Å². The highest BCUT2D eigenvalue weighted by Crippen LogP contribution is 2.25. The number of amides is 14. The number of aliphatic hydroxyl groups is 3. The summed E-state index contributed by atoms with van der Waals surface area (Å²) in [6, 6.07) is 9.57. The average Bonchev–Trinajstić information content (AvgIpc) is 1.71. The maximum Gasteiger partial charge on any atom is 0.327 e. The first-order chi connectivity index (χ1) is 54.9. The van der Waals surface area contributed by atoms with Crippen molar-refractivity contribution in [3.63, 3.8) is 0 Å². The van der Waals surface area contributed by atoms with Gasteiger partial charge >= 0.3 is 5.97 Å². The third-order valence-corrected chi connectivity index (χ3v) is 20.7. The number of para-hydroxylation sites is 1. The van der Waals surface area contributed by atoms with Crippen molar-refractivity contribution in [2.24, 2.45) is 22.9 Å². The van der Waals surface area contributed by atoms with Crippen LogP contribution >= 0.6 is 21.6 Å². The van der Waals surface area contributed by atoms with Crippen LogP contribution in [-0.2, 0) is 97.6 Å². The van der Waals surface area contributed by atoms with Crippen molar-refractivity contribution in [1.29, 1.82) is 0 Å². The summed E-state index contributed by atoms with van der Waals surface area (Å²) in [6.45, 7) is 1.88. The molecule has 1 fully saturated rings. The molecule has 1 aliphatic rings. The minimum Gasteiger partial charge on any atom is -0.480 e. The Morgan fingerprint density at radius 3 is 1.30 bits per heavy atom. The predicted molar refractivity (Wildman–Crippen MR) is 425 cm³/mol. The first kappa shape index (κ1) is 92.8. The number of unbranched alkanes of at least 4 members (excludes halogenated alkanes) is 2. The molecule has 37 nitrogen and oxygen atoms in total. The number of hydrogen-bond acceptors (Lipinski definition) is 23. The topological polar surface area (TPSA) is 613 Å². The van der Waals surface area contributed by atoms with Crippen molar-refractivity contribution in [1.82, 2.24) is 74.1 Å². The van der Waals surface area contributed by atoms with E-state index in [-0.39, 0.29) is 70.9 Å². The van der Waals surface area contributed by atoms with Crippen molar-refractivity contribution >= 4 is 121 Å². The summed E-state index contributed by atoms with van der Waals surface area (Å²) in [5.41, 5.74) is 25.6. The van der Waals surface area contributed by atoms with Crippen molar-refractivity contribution in [3.05, 3.63) is 144 Å². The number of aliphatic hydroxyl groups excluding tert-OH is 3. The fourth-order valence-corrected chi connectivity index (χ4v) is 14.3. The molecule has 0 unspecified atom stereocenters. The lowest BCUT2D eigenvalue weighted by Crippen LogP contribution is -2.63. The zero-order valence-electron chi connectivity index (χ0n) is 63.8. The molecule has 115 heavy (non-hydrogen) atoms. The molecule has 0 spiro atoms. The first-order valence-electron chi connectivity index (χ1n) is 37.4. The Kier molecular flexibility index (Phi) is 38.4. The summed E-state index contributed by atoms with van der Waals surface area (Å²) in [7, 11) is 1.49. The van der Waals surface area contributed by atoms with E-state index in [4.69, 9.17) is 22.9 Å². The van der Waals surface area contributed by atoms with Gasteiger partial charge < -0.3 is 117 Å². The van der Waals surface area contributed by atoms with E-state index in [1.54, 1.807) is 121 Å². The van der Waals surface area contributed by atoms with Gasteiger partial charge in [-0.2, -0.15) is 0 Å². The van der Waals surface area contributed by atoms with Crippen LogP contribution in [0.2, 0.25) is 0 Å². The van der Waals surface area contributed by atoms with Crippen molar-refractivity contribution in [3.8, 4) is 0 Å². The molecule has 1 aromatic heterocycles. The molecule has 4 aromatic carbocycles. The highest BCUT2D eigenvalue weighted by atomic mass is 33.1. The van der Waals surface area contributed by atoms with E-state index >= 15 is 14.4 Å². The molecule has 1 saturated heterocycles. The van der Waals surface area contributed by atoms with Crippen LogP contribution in [0.1, 0.15) is 88.0 Å². The molecule has 1 aliphatic heterocycles. The maximum absolute atomic E-state index is 15.4. The Morgan fingerprint density at radius 1 is 0.470 bits per heavy atom. The van der Waals surface area contributed by atoms with E-state index in [0.29, 0.717) is 39.6 Å². The standard InChI is InChI=1S/C76H104N18O19S2/c1-41(79)64(100)82-37-61(99)83-58-39-114-115-40-59(76(112)113)92-72(108)57(38-95)91-75(111)63(43(3)97)94-71(107)54(33-46-23-11-6-12-24-46)90-74(110)62(42(2)96)93-66(102)51(28-16-18-30-78)84-69(105)55(34-47-36-81-49-26-14-13-25-48(47)49)88-68(104)53(32-45-21-9-5-10-22-45)86-67(103)52(31-44-19-7-4-8-20-44)87-70(106)56(35-60(80)98)89-65(101)50(85-73(58)109)27-15-17-29-77/h4-14,19-26,36,41-43,50-59,62-63,81,95-97H,15-18,27-35,37-40,77-79H2,1-3H3,(H2,80,98)(H,82,100)(H,83,99)(H,84,105)(H,85,109)(H,86,103)(H,87,106)(H,88,104)(H,89,101)(H,90,110)(H,91,111)(H,92,108)(H,93,102)(H,94,107)(H,112,113)/t41-,42+,43+,50+,51-,52-,53-,54+,55+,56-,57-,58+,59-,62-,63-/m0/s1. The number of carboxylic acid groups (broad SMARTS) is 1. The van der Waals surface area contributed by atoms with Gasteiger partial charge in [-0.05, 0) is 101 Å². The van der Waals surface area contributed by atoms with Gasteiger partial charge in [0.2, 0.25) is 82.7 Å². The molecule has 0 aliphatic carbocycles. The SMILES string of the molecule is C[C@H](N)C(=O)NCC(=O)N[C@@H]1CSSC[C@@H](C(=O)O)NC(=O)[C@H](CO)NC(=O)[C@H]([C@@H](C)O)NC(=O)[C@@H](Cc2ccccc2)NC(=O)[C@H]([C@@H](C)O)NC(=O)[C@H](CCCCN)NC(=O)[C@@H](Cc2c[nH]c3ccccc23)NC(=O)[C@H](Cc2ccccc2)NC(=O)[C@H](Cc2ccccc2)NC(=O)[C@H](CC(N)=O)NC(=O)[C@@H](CCCCN)NC1=O. The smallest absolute Gasteiger partial charge is 0.327 e. The number of nitrogens with one attached hydrogen (secondary N) is 14. The molecule has 0 radical (unpaired) electrons. The molecule has 624 valence electrons. The summed E-state index contributed by atoms with van der Waals surface area (Å²) in [5, 5.41) is 76.1.